The molecule has 1 aliphatic heterocycles. The molecule has 2 aromatic carbocycles. The number of hydrogen-bond acceptors (Lipinski definition) is 2. The number of nitrogens with one attached hydrogen (secondary N) is 2. The zero-order valence-electron chi connectivity index (χ0n) is 12.2. The van der Waals surface area contributed by atoms with Crippen LogP contribution in [0.5, 0.6) is 0 Å². The van der Waals surface area contributed by atoms with Crippen molar-refractivity contribution in [3.8, 4) is 0 Å². The summed E-state index contributed by atoms with van der Waals surface area (Å²) in [5, 5.41) is 13.9. The first kappa shape index (κ1) is 14.5. The van der Waals surface area contributed by atoms with Crippen LogP contribution in [0.2, 0.25) is 0 Å². The highest BCUT2D eigenvalue weighted by Crippen LogP contribution is 2.35. The maximum Gasteiger partial charge on any atom is 0.321 e. The number of benzene rings is 2. The molecule has 2 unspecified atom stereocenters. The van der Waals surface area contributed by atoms with Crippen LogP contribution in [-0.2, 0) is 11.2 Å². The van der Waals surface area contributed by atoms with Crippen LogP contribution in [0.15, 0.2) is 53.0 Å². The number of aromatic amines is 1. The highest BCUT2D eigenvalue weighted by Gasteiger charge is 2.33. The number of carbonyl (C=O) groups is 1. The van der Waals surface area contributed by atoms with E-state index in [0.717, 1.165) is 32.2 Å². The first-order valence-electron chi connectivity index (χ1n) is 7.47. The number of halogens is 1. The molecule has 1 aromatic heterocycles. The zero-order valence-corrected chi connectivity index (χ0v) is 13.8. The summed E-state index contributed by atoms with van der Waals surface area (Å²) in [5.41, 5.74) is 4.25. The number of rotatable bonds is 2. The second-order valence-electron chi connectivity index (χ2n) is 5.81. The molecular formula is C18H15BrN2O2. The first-order valence-corrected chi connectivity index (χ1v) is 8.26. The molecule has 0 saturated carbocycles. The molecule has 0 fully saturated rings. The minimum absolute atomic E-state index is 0.152. The molecule has 2 atom stereocenters. The molecule has 0 amide bonds. The van der Waals surface area contributed by atoms with Crippen LogP contribution in [0.1, 0.15) is 22.9 Å². The van der Waals surface area contributed by atoms with Crippen LogP contribution < -0.4 is 5.32 Å². The molecule has 3 aromatic rings. The molecule has 23 heavy (non-hydrogen) atoms. The largest absolute Gasteiger partial charge is 0.480 e. The van der Waals surface area contributed by atoms with Crippen molar-refractivity contribution in [3.05, 3.63) is 69.8 Å². The lowest BCUT2D eigenvalue weighted by Crippen LogP contribution is -2.44. The summed E-state index contributed by atoms with van der Waals surface area (Å²) >= 11 is 3.44. The van der Waals surface area contributed by atoms with Gasteiger partial charge in [0.15, 0.2) is 0 Å². The van der Waals surface area contributed by atoms with E-state index in [4.69, 9.17) is 0 Å². The number of H-pyrrole nitrogens is 1. The minimum atomic E-state index is -0.817. The van der Waals surface area contributed by atoms with Crippen LogP contribution in [0.3, 0.4) is 0 Å². The number of aromatic nitrogens is 1. The van der Waals surface area contributed by atoms with Gasteiger partial charge in [-0.3, -0.25) is 10.1 Å². The quantitative estimate of drug-likeness (QED) is 0.645. The van der Waals surface area contributed by atoms with Gasteiger partial charge in [-0.2, -0.15) is 0 Å². The Balaban J connectivity index is 1.89. The normalized spacial score (nSPS) is 20.4. The Labute approximate surface area is 141 Å². The fourth-order valence-corrected chi connectivity index (χ4v) is 3.58. The van der Waals surface area contributed by atoms with Crippen molar-refractivity contribution in [2.45, 2.75) is 18.5 Å². The van der Waals surface area contributed by atoms with Gasteiger partial charge in [0.1, 0.15) is 6.04 Å². The molecule has 116 valence electrons. The van der Waals surface area contributed by atoms with Crippen molar-refractivity contribution in [3.63, 3.8) is 0 Å². The Kier molecular flexibility index (Phi) is 3.47. The third-order valence-electron chi connectivity index (χ3n) is 4.41. The monoisotopic (exact) mass is 370 g/mol. The summed E-state index contributed by atoms with van der Waals surface area (Å²) in [5.74, 6) is -0.817. The highest BCUT2D eigenvalue weighted by atomic mass is 79.9. The van der Waals surface area contributed by atoms with Crippen LogP contribution in [-0.4, -0.2) is 22.1 Å². The average molecular weight is 371 g/mol. The summed E-state index contributed by atoms with van der Waals surface area (Å²) in [7, 11) is 0. The molecular weight excluding hydrogens is 356 g/mol. The molecule has 4 nitrogen and oxygen atoms in total. The molecule has 0 spiro atoms. The smallest absolute Gasteiger partial charge is 0.321 e. The summed E-state index contributed by atoms with van der Waals surface area (Å²) in [6.45, 7) is 0. The molecule has 0 bridgehead atoms. The second-order valence-corrected chi connectivity index (χ2v) is 6.72. The zero-order chi connectivity index (χ0) is 16.0. The van der Waals surface area contributed by atoms with Crippen LogP contribution >= 0.6 is 15.9 Å². The Morgan fingerprint density at radius 2 is 1.87 bits per heavy atom. The number of carboxylic acids is 1. The fourth-order valence-electron chi connectivity index (χ4n) is 3.31. The Morgan fingerprint density at radius 3 is 2.61 bits per heavy atom. The molecule has 2 heterocycles. The molecule has 0 aliphatic carbocycles. The van der Waals surface area contributed by atoms with Crippen molar-refractivity contribution >= 4 is 32.8 Å². The molecule has 5 heteroatoms. The SMILES string of the molecule is O=C(O)C1Cc2c([nH]c3ccccc23)C(c2ccc(Br)cc2)N1. The molecule has 0 radical (unpaired) electrons. The molecule has 0 saturated heterocycles. The van der Waals surface area contributed by atoms with E-state index >= 15 is 0 Å². The summed E-state index contributed by atoms with van der Waals surface area (Å²) in [4.78, 5) is 15.0. The lowest BCUT2D eigenvalue weighted by molar-refractivity contribution is -0.139. The van der Waals surface area contributed by atoms with Gasteiger partial charge in [0.05, 0.1) is 6.04 Å². The molecule has 3 N–H and O–H groups in total. The molecule has 1 aliphatic rings. The minimum Gasteiger partial charge on any atom is -0.480 e. The van der Waals surface area contributed by atoms with Crippen molar-refractivity contribution < 1.29 is 9.90 Å². The standard InChI is InChI=1S/C18H15BrN2O2/c19-11-7-5-10(6-8-11)16-17-13(9-15(21-16)18(22)23)12-3-1-2-4-14(12)20-17/h1-8,15-16,20-21H,9H2,(H,22,23). The van der Waals surface area contributed by atoms with Crippen molar-refractivity contribution in [2.24, 2.45) is 0 Å². The van der Waals surface area contributed by atoms with Gasteiger partial charge in [-0.25, -0.2) is 0 Å². The summed E-state index contributed by atoms with van der Waals surface area (Å²) in [6, 6.07) is 15.3. The van der Waals surface area contributed by atoms with Gasteiger partial charge in [-0.1, -0.05) is 46.3 Å². The van der Waals surface area contributed by atoms with E-state index in [1.54, 1.807) is 0 Å². The van der Waals surface area contributed by atoms with E-state index in [9.17, 15) is 9.90 Å². The second kappa shape index (κ2) is 5.51. The summed E-state index contributed by atoms with van der Waals surface area (Å²) < 4.78 is 1.00. The number of aliphatic carboxylic acids is 1. The fraction of sp³-hybridized carbons (Fsp3) is 0.167. The third-order valence-corrected chi connectivity index (χ3v) is 4.94. The van der Waals surface area contributed by atoms with Crippen molar-refractivity contribution in [2.75, 3.05) is 0 Å². The van der Waals surface area contributed by atoms with Crippen LogP contribution in [0, 0.1) is 0 Å². The van der Waals surface area contributed by atoms with E-state index in [1.807, 2.05) is 48.5 Å². The van der Waals surface area contributed by atoms with Gasteiger partial charge in [-0.15, -0.1) is 0 Å². The maximum absolute atomic E-state index is 11.6. The van der Waals surface area contributed by atoms with Crippen LogP contribution in [0.25, 0.3) is 10.9 Å². The van der Waals surface area contributed by atoms with Gasteiger partial charge in [0.2, 0.25) is 0 Å². The Hall–Kier alpha value is -2.11. The van der Waals surface area contributed by atoms with Gasteiger partial charge < -0.3 is 10.1 Å². The average Bonchev–Trinajstić information content (AvgIpc) is 2.93. The van der Waals surface area contributed by atoms with Gasteiger partial charge in [0.25, 0.3) is 0 Å². The van der Waals surface area contributed by atoms with Gasteiger partial charge >= 0.3 is 5.97 Å². The lowest BCUT2D eigenvalue weighted by Gasteiger charge is -2.29. The number of fused-ring (bicyclic) bond motifs is 3. The summed E-state index contributed by atoms with van der Waals surface area (Å²) in [6.07, 6.45) is 0.488. The van der Waals surface area contributed by atoms with Gasteiger partial charge in [0, 0.05) is 27.5 Å². The van der Waals surface area contributed by atoms with Crippen LogP contribution in [0.4, 0.5) is 0 Å². The maximum atomic E-state index is 11.6. The van der Waals surface area contributed by atoms with Crippen molar-refractivity contribution in [1.82, 2.24) is 10.3 Å². The number of para-hydroxylation sites is 1. The number of carboxylic acid groups (broad SMARTS) is 1. The number of hydrogen-bond donors (Lipinski definition) is 3. The van der Waals surface area contributed by atoms with E-state index < -0.39 is 12.0 Å². The Morgan fingerprint density at radius 1 is 1.13 bits per heavy atom. The topological polar surface area (TPSA) is 65.1 Å². The van der Waals surface area contributed by atoms with E-state index in [2.05, 4.69) is 26.2 Å². The first-order chi connectivity index (χ1) is 11.1. The van der Waals surface area contributed by atoms with E-state index in [1.165, 1.54) is 0 Å². The lowest BCUT2D eigenvalue weighted by atomic mass is 9.90. The Bertz CT molecular complexity index is 886. The third kappa shape index (κ3) is 2.46. The van der Waals surface area contributed by atoms with Gasteiger partial charge in [-0.05, 0) is 29.3 Å². The predicted molar refractivity (Wildman–Crippen MR) is 92.5 cm³/mol. The van der Waals surface area contributed by atoms with Crippen molar-refractivity contribution in [1.29, 1.82) is 0 Å². The predicted octanol–water partition coefficient (Wildman–Crippen LogP) is 3.62. The highest BCUT2D eigenvalue weighted by molar-refractivity contribution is 9.10. The van der Waals surface area contributed by atoms with E-state index in [-0.39, 0.29) is 6.04 Å². The van der Waals surface area contributed by atoms with E-state index in [0.29, 0.717) is 6.42 Å². The molecule has 4 rings (SSSR count).